The molecule has 0 saturated heterocycles. The minimum absolute atomic E-state index is 0.0423. The van der Waals surface area contributed by atoms with Crippen LogP contribution >= 0.6 is 11.6 Å². The predicted molar refractivity (Wildman–Crippen MR) is 108 cm³/mol. The Kier molecular flexibility index (Phi) is 6.04. The van der Waals surface area contributed by atoms with Gasteiger partial charge in [0.2, 0.25) is 0 Å². The Hall–Kier alpha value is -3.04. The molecule has 1 amide bonds. The Balaban J connectivity index is 1.77. The zero-order chi connectivity index (χ0) is 21.9. The van der Waals surface area contributed by atoms with Crippen LogP contribution in [0.15, 0.2) is 77.7 Å². The van der Waals surface area contributed by atoms with Crippen molar-refractivity contribution in [3.05, 3.63) is 88.9 Å². The van der Waals surface area contributed by atoms with Gasteiger partial charge in [0, 0.05) is 16.3 Å². The van der Waals surface area contributed by atoms with Gasteiger partial charge in [-0.25, -0.2) is 8.42 Å². The Bertz CT molecular complexity index is 1170. The molecule has 3 rings (SSSR count). The number of hydrogen-bond donors (Lipinski definition) is 2. The molecule has 30 heavy (non-hydrogen) atoms. The van der Waals surface area contributed by atoms with E-state index < -0.39 is 33.4 Å². The minimum Gasteiger partial charge on any atom is -0.321 e. The summed E-state index contributed by atoms with van der Waals surface area (Å²) in [6, 6.07) is 16.0. The highest BCUT2D eigenvalue weighted by atomic mass is 35.5. The summed E-state index contributed by atoms with van der Waals surface area (Å²) in [4.78, 5) is 12.4. The summed E-state index contributed by atoms with van der Waals surface area (Å²) in [7, 11) is -3.81. The van der Waals surface area contributed by atoms with Crippen molar-refractivity contribution in [2.24, 2.45) is 0 Å². The first-order chi connectivity index (χ1) is 14.1. The lowest BCUT2D eigenvalue weighted by Crippen LogP contribution is -2.17. The molecule has 0 aliphatic carbocycles. The smallest absolute Gasteiger partial charge is 0.321 e. The molecule has 0 spiro atoms. The van der Waals surface area contributed by atoms with Crippen molar-refractivity contribution in [2.75, 3.05) is 10.0 Å². The van der Waals surface area contributed by atoms with Crippen molar-refractivity contribution in [2.45, 2.75) is 11.1 Å². The lowest BCUT2D eigenvalue weighted by Gasteiger charge is -2.14. The Morgan fingerprint density at radius 2 is 1.53 bits per heavy atom. The lowest BCUT2D eigenvalue weighted by atomic mass is 10.1. The van der Waals surface area contributed by atoms with Crippen LogP contribution in [0.25, 0.3) is 0 Å². The van der Waals surface area contributed by atoms with Gasteiger partial charge in [0.25, 0.3) is 15.9 Å². The number of hydrogen-bond acceptors (Lipinski definition) is 3. The standard InChI is InChI=1S/C20H14ClF3N2O3S/c21-14-8-11-18(17(12-14)20(22,23)24)25-19(27)13-6-9-15(10-7-13)26-30(28,29)16-4-2-1-3-5-16/h1-12,26H,(H,25,27). The number of rotatable bonds is 5. The molecule has 3 aromatic carbocycles. The number of sulfonamides is 1. The van der Waals surface area contributed by atoms with Crippen molar-refractivity contribution in [3.63, 3.8) is 0 Å². The number of anilines is 2. The van der Waals surface area contributed by atoms with Crippen molar-refractivity contribution in [3.8, 4) is 0 Å². The summed E-state index contributed by atoms with van der Waals surface area (Å²) in [5.41, 5.74) is -1.28. The number of benzene rings is 3. The van der Waals surface area contributed by atoms with Crippen LogP contribution in [0.1, 0.15) is 15.9 Å². The van der Waals surface area contributed by atoms with E-state index in [0.29, 0.717) is 0 Å². The van der Waals surface area contributed by atoms with E-state index in [9.17, 15) is 26.4 Å². The van der Waals surface area contributed by atoms with Crippen molar-refractivity contribution >= 4 is 38.9 Å². The molecule has 0 aliphatic rings. The molecule has 3 aromatic rings. The second kappa shape index (κ2) is 8.37. The van der Waals surface area contributed by atoms with Crippen LogP contribution in [0.3, 0.4) is 0 Å². The molecule has 0 aliphatic heterocycles. The highest BCUT2D eigenvalue weighted by Crippen LogP contribution is 2.36. The van der Waals surface area contributed by atoms with Crippen LogP contribution in [0.5, 0.6) is 0 Å². The first-order valence-corrected chi connectivity index (χ1v) is 10.3. The average molecular weight is 455 g/mol. The van der Waals surface area contributed by atoms with E-state index in [2.05, 4.69) is 10.0 Å². The van der Waals surface area contributed by atoms with Gasteiger partial charge in [-0.15, -0.1) is 0 Å². The van der Waals surface area contributed by atoms with E-state index >= 15 is 0 Å². The lowest BCUT2D eigenvalue weighted by molar-refractivity contribution is -0.136. The van der Waals surface area contributed by atoms with Crippen LogP contribution in [-0.2, 0) is 16.2 Å². The fraction of sp³-hybridized carbons (Fsp3) is 0.0500. The summed E-state index contributed by atoms with van der Waals surface area (Å²) in [5, 5.41) is 2.08. The Labute approximate surface area is 175 Å². The normalized spacial score (nSPS) is 11.7. The third-order valence-corrected chi connectivity index (χ3v) is 5.62. The number of halogens is 4. The SMILES string of the molecule is O=C(Nc1ccc(Cl)cc1C(F)(F)F)c1ccc(NS(=O)(=O)c2ccccc2)cc1. The van der Waals surface area contributed by atoms with Crippen LogP contribution in [-0.4, -0.2) is 14.3 Å². The van der Waals surface area contributed by atoms with Crippen LogP contribution in [0.2, 0.25) is 5.02 Å². The van der Waals surface area contributed by atoms with Crippen LogP contribution in [0.4, 0.5) is 24.5 Å². The highest BCUT2D eigenvalue weighted by molar-refractivity contribution is 7.92. The molecule has 10 heteroatoms. The molecule has 0 fully saturated rings. The average Bonchev–Trinajstić information content (AvgIpc) is 2.69. The first kappa shape index (κ1) is 21.7. The molecule has 0 heterocycles. The third kappa shape index (κ3) is 5.11. The molecule has 5 nitrogen and oxygen atoms in total. The molecule has 0 atom stereocenters. The van der Waals surface area contributed by atoms with Crippen molar-refractivity contribution < 1.29 is 26.4 Å². The van der Waals surface area contributed by atoms with Crippen molar-refractivity contribution in [1.29, 1.82) is 0 Å². The molecule has 0 radical (unpaired) electrons. The summed E-state index contributed by atoms with van der Waals surface area (Å²) < 4.78 is 66.5. The second-order valence-corrected chi connectivity index (χ2v) is 8.26. The number of nitrogens with one attached hydrogen (secondary N) is 2. The quantitative estimate of drug-likeness (QED) is 0.541. The zero-order valence-corrected chi connectivity index (χ0v) is 16.6. The largest absolute Gasteiger partial charge is 0.418 e. The van der Waals surface area contributed by atoms with Gasteiger partial charge in [0.15, 0.2) is 0 Å². The predicted octanol–water partition coefficient (Wildman–Crippen LogP) is 5.41. The summed E-state index contributed by atoms with van der Waals surface area (Å²) in [5.74, 6) is -0.791. The third-order valence-electron chi connectivity index (χ3n) is 3.99. The molecule has 0 bridgehead atoms. The first-order valence-electron chi connectivity index (χ1n) is 8.42. The van der Waals surface area contributed by atoms with E-state index in [4.69, 9.17) is 11.6 Å². The second-order valence-electron chi connectivity index (χ2n) is 6.14. The van der Waals surface area contributed by atoms with Gasteiger partial charge >= 0.3 is 6.18 Å². The summed E-state index contributed by atoms with van der Waals surface area (Å²) in [6.07, 6.45) is -4.70. The zero-order valence-electron chi connectivity index (χ0n) is 15.1. The van der Waals surface area contributed by atoms with E-state index in [1.807, 2.05) is 0 Å². The number of amides is 1. The Morgan fingerprint density at radius 3 is 2.13 bits per heavy atom. The van der Waals surface area contributed by atoms with Gasteiger partial charge in [-0.1, -0.05) is 29.8 Å². The molecular weight excluding hydrogens is 441 g/mol. The number of alkyl halides is 3. The van der Waals surface area contributed by atoms with Crippen molar-refractivity contribution in [1.82, 2.24) is 0 Å². The molecule has 0 saturated carbocycles. The van der Waals surface area contributed by atoms with Gasteiger partial charge < -0.3 is 5.32 Å². The highest BCUT2D eigenvalue weighted by Gasteiger charge is 2.34. The van der Waals surface area contributed by atoms with Gasteiger partial charge in [-0.05, 0) is 54.6 Å². The molecule has 2 N–H and O–H groups in total. The molecule has 0 aromatic heterocycles. The maximum absolute atomic E-state index is 13.2. The fourth-order valence-corrected chi connectivity index (χ4v) is 3.81. The van der Waals surface area contributed by atoms with E-state index in [-0.39, 0.29) is 21.2 Å². The molecule has 156 valence electrons. The maximum atomic E-state index is 13.2. The Morgan fingerprint density at radius 1 is 0.900 bits per heavy atom. The summed E-state index contributed by atoms with van der Waals surface area (Å²) in [6.45, 7) is 0. The fourth-order valence-electron chi connectivity index (χ4n) is 2.56. The van der Waals surface area contributed by atoms with Gasteiger partial charge in [-0.3, -0.25) is 9.52 Å². The monoisotopic (exact) mass is 454 g/mol. The van der Waals surface area contributed by atoms with Gasteiger partial charge in [0.05, 0.1) is 16.1 Å². The molecular formula is C20H14ClF3N2O3S. The van der Waals surface area contributed by atoms with Gasteiger partial charge in [0.1, 0.15) is 0 Å². The van der Waals surface area contributed by atoms with E-state index in [0.717, 1.165) is 12.1 Å². The summed E-state index contributed by atoms with van der Waals surface area (Å²) >= 11 is 5.62. The van der Waals surface area contributed by atoms with Crippen LogP contribution in [0, 0.1) is 0 Å². The minimum atomic E-state index is -4.70. The van der Waals surface area contributed by atoms with Crippen LogP contribution < -0.4 is 10.0 Å². The van der Waals surface area contributed by atoms with E-state index in [1.54, 1.807) is 18.2 Å². The molecule has 0 unspecified atom stereocenters. The number of carbonyl (C=O) groups excluding carboxylic acids is 1. The number of carbonyl (C=O) groups is 1. The topological polar surface area (TPSA) is 75.3 Å². The maximum Gasteiger partial charge on any atom is 0.418 e. The van der Waals surface area contributed by atoms with Gasteiger partial charge in [-0.2, -0.15) is 13.2 Å². The van der Waals surface area contributed by atoms with E-state index in [1.165, 1.54) is 42.5 Å².